The van der Waals surface area contributed by atoms with E-state index in [-0.39, 0.29) is 50.4 Å². The lowest BCUT2D eigenvalue weighted by Crippen LogP contribution is -2.42. The first-order valence-corrected chi connectivity index (χ1v) is 15.1. The molecule has 0 saturated carbocycles. The van der Waals surface area contributed by atoms with Crippen LogP contribution in [0.1, 0.15) is 29.5 Å². The number of halogens is 2. The number of fused-ring (bicyclic) bond motifs is 1. The van der Waals surface area contributed by atoms with E-state index in [9.17, 15) is 22.7 Å². The van der Waals surface area contributed by atoms with Crippen LogP contribution >= 0.6 is 11.6 Å². The van der Waals surface area contributed by atoms with Gasteiger partial charge in [-0.1, -0.05) is 12.1 Å². The number of aliphatic carboxylic acids is 1. The lowest BCUT2D eigenvalue weighted by atomic mass is 9.82. The minimum absolute atomic E-state index is 0.0450. The monoisotopic (exact) mass is 600 g/mol. The van der Waals surface area contributed by atoms with Crippen molar-refractivity contribution in [2.24, 2.45) is 5.92 Å². The summed E-state index contributed by atoms with van der Waals surface area (Å²) in [6.07, 6.45) is 0.304. The average Bonchev–Trinajstić information content (AvgIpc) is 3.56. The Labute approximate surface area is 238 Å². The zero-order valence-corrected chi connectivity index (χ0v) is 24.0. The third-order valence-electron chi connectivity index (χ3n) is 7.34. The number of carbonyl (C=O) groups is 1. The van der Waals surface area contributed by atoms with Gasteiger partial charge in [0.15, 0.2) is 23.1 Å². The van der Waals surface area contributed by atoms with Crippen LogP contribution in [0.3, 0.4) is 0 Å². The maximum atomic E-state index is 14.8. The van der Waals surface area contributed by atoms with E-state index in [1.807, 2.05) is 11.0 Å². The van der Waals surface area contributed by atoms with Gasteiger partial charge in [-0.05, 0) is 41.8 Å². The lowest BCUT2D eigenvalue weighted by Gasteiger charge is -2.30. The van der Waals surface area contributed by atoms with Crippen LogP contribution in [0.25, 0.3) is 0 Å². The minimum atomic E-state index is -3.63. The third kappa shape index (κ3) is 6.63. The van der Waals surface area contributed by atoms with Gasteiger partial charge in [-0.15, -0.1) is 11.6 Å². The Hall–Kier alpha value is -2.64. The SMILES string of the molecule is COCCN(CCN1C[C@H](c2ccc3c(c2)OCO3)[C@@H](C(=O)O)[C@@H]1c1ccc(OC)c(F)c1)S(=O)(=O)CCCCl. The van der Waals surface area contributed by atoms with Gasteiger partial charge in [0, 0.05) is 51.1 Å². The van der Waals surface area contributed by atoms with Crippen molar-refractivity contribution in [3.63, 3.8) is 0 Å². The maximum Gasteiger partial charge on any atom is 0.309 e. The second kappa shape index (κ2) is 13.3. The molecule has 2 aliphatic rings. The van der Waals surface area contributed by atoms with Crippen molar-refractivity contribution in [3.05, 3.63) is 53.3 Å². The van der Waals surface area contributed by atoms with E-state index >= 15 is 0 Å². The van der Waals surface area contributed by atoms with Crippen molar-refractivity contribution in [2.45, 2.75) is 18.4 Å². The number of rotatable bonds is 14. The Morgan fingerprint density at radius 3 is 2.58 bits per heavy atom. The van der Waals surface area contributed by atoms with E-state index in [0.717, 1.165) is 5.56 Å². The first-order valence-electron chi connectivity index (χ1n) is 12.9. The fourth-order valence-electron chi connectivity index (χ4n) is 5.39. The minimum Gasteiger partial charge on any atom is -0.494 e. The predicted octanol–water partition coefficient (Wildman–Crippen LogP) is 3.31. The number of carboxylic acids is 1. The number of nitrogens with zero attached hydrogens (tertiary/aromatic N) is 2. The van der Waals surface area contributed by atoms with Crippen LogP contribution in [-0.4, -0.2) is 94.1 Å². The topological polar surface area (TPSA) is 115 Å². The summed E-state index contributed by atoms with van der Waals surface area (Å²) >= 11 is 5.75. The van der Waals surface area contributed by atoms with E-state index in [2.05, 4.69) is 0 Å². The number of methoxy groups -OCH3 is 2. The molecule has 1 fully saturated rings. The molecule has 13 heteroatoms. The van der Waals surface area contributed by atoms with Crippen molar-refractivity contribution in [1.82, 2.24) is 9.21 Å². The summed E-state index contributed by atoms with van der Waals surface area (Å²) in [5, 5.41) is 10.4. The highest BCUT2D eigenvalue weighted by molar-refractivity contribution is 7.89. The first-order chi connectivity index (χ1) is 19.2. The van der Waals surface area contributed by atoms with E-state index < -0.39 is 39.7 Å². The second-order valence-electron chi connectivity index (χ2n) is 9.67. The number of hydrogen-bond donors (Lipinski definition) is 1. The first kappa shape index (κ1) is 30.3. The molecule has 40 heavy (non-hydrogen) atoms. The van der Waals surface area contributed by atoms with Gasteiger partial charge in [0.25, 0.3) is 0 Å². The molecule has 0 spiro atoms. The molecule has 2 aliphatic heterocycles. The normalized spacial score (nSPS) is 20.8. The van der Waals surface area contributed by atoms with Crippen molar-refractivity contribution >= 4 is 27.6 Å². The molecular weight excluding hydrogens is 567 g/mol. The van der Waals surface area contributed by atoms with E-state index in [1.165, 1.54) is 30.7 Å². The summed E-state index contributed by atoms with van der Waals surface area (Å²) in [7, 11) is -0.782. The van der Waals surface area contributed by atoms with Crippen LogP contribution in [0, 0.1) is 11.7 Å². The molecule has 10 nitrogen and oxygen atoms in total. The largest absolute Gasteiger partial charge is 0.494 e. The van der Waals surface area contributed by atoms with Gasteiger partial charge in [-0.2, -0.15) is 4.31 Å². The number of sulfonamides is 1. The van der Waals surface area contributed by atoms with Crippen LogP contribution in [0.2, 0.25) is 0 Å². The predicted molar refractivity (Wildman–Crippen MR) is 146 cm³/mol. The summed E-state index contributed by atoms with van der Waals surface area (Å²) in [6.45, 7) is 1.04. The quantitative estimate of drug-likeness (QED) is 0.326. The van der Waals surface area contributed by atoms with Gasteiger partial charge in [0.1, 0.15) is 0 Å². The Morgan fingerprint density at radius 1 is 1.15 bits per heavy atom. The summed E-state index contributed by atoms with van der Waals surface area (Å²) in [4.78, 5) is 14.7. The molecular formula is C27H34ClFN2O8S. The molecule has 0 aliphatic carbocycles. The molecule has 220 valence electrons. The van der Waals surface area contributed by atoms with Gasteiger partial charge < -0.3 is 24.1 Å². The summed E-state index contributed by atoms with van der Waals surface area (Å²) in [6, 6.07) is 9.01. The van der Waals surface area contributed by atoms with E-state index in [1.54, 1.807) is 18.2 Å². The van der Waals surface area contributed by atoms with Crippen molar-refractivity contribution < 1.29 is 41.7 Å². The fraction of sp³-hybridized carbons (Fsp3) is 0.519. The Balaban J connectivity index is 1.69. The van der Waals surface area contributed by atoms with E-state index in [4.69, 9.17) is 30.5 Å². The van der Waals surface area contributed by atoms with Crippen LogP contribution in [-0.2, 0) is 19.6 Å². The molecule has 0 radical (unpaired) electrons. The summed E-state index contributed by atoms with van der Waals surface area (Å²) < 4.78 is 63.4. The maximum absolute atomic E-state index is 14.8. The number of ether oxygens (including phenoxy) is 4. The van der Waals surface area contributed by atoms with Crippen LogP contribution in [0.5, 0.6) is 17.2 Å². The molecule has 2 aromatic carbocycles. The molecule has 2 heterocycles. The van der Waals surface area contributed by atoms with Crippen molar-refractivity contribution in [3.8, 4) is 17.2 Å². The Kier molecular flexibility index (Phi) is 10.1. The lowest BCUT2D eigenvalue weighted by molar-refractivity contribution is -0.143. The Bertz CT molecular complexity index is 1300. The molecule has 1 N–H and O–H groups in total. The molecule has 0 bridgehead atoms. The van der Waals surface area contributed by atoms with Gasteiger partial charge in [0.2, 0.25) is 16.8 Å². The highest BCUT2D eigenvalue weighted by Gasteiger charge is 2.48. The summed E-state index contributed by atoms with van der Waals surface area (Å²) in [5.41, 5.74) is 1.20. The molecule has 0 unspecified atom stereocenters. The van der Waals surface area contributed by atoms with Gasteiger partial charge in [-0.3, -0.25) is 9.69 Å². The number of hydrogen-bond acceptors (Lipinski definition) is 8. The van der Waals surface area contributed by atoms with Gasteiger partial charge >= 0.3 is 5.97 Å². The fourth-order valence-corrected chi connectivity index (χ4v) is 7.17. The highest BCUT2D eigenvalue weighted by Crippen LogP contribution is 2.48. The van der Waals surface area contributed by atoms with Crippen molar-refractivity contribution in [1.29, 1.82) is 0 Å². The smallest absolute Gasteiger partial charge is 0.309 e. The number of benzene rings is 2. The summed E-state index contributed by atoms with van der Waals surface area (Å²) in [5.74, 6) is -1.83. The van der Waals surface area contributed by atoms with E-state index in [0.29, 0.717) is 30.0 Å². The molecule has 2 aromatic rings. The van der Waals surface area contributed by atoms with Gasteiger partial charge in [-0.25, -0.2) is 12.8 Å². The number of alkyl halides is 1. The second-order valence-corrected chi connectivity index (χ2v) is 12.1. The highest BCUT2D eigenvalue weighted by atomic mass is 35.5. The van der Waals surface area contributed by atoms with Crippen molar-refractivity contribution in [2.75, 3.05) is 65.4 Å². The molecule has 3 atom stereocenters. The van der Waals surface area contributed by atoms with Crippen LogP contribution in [0.4, 0.5) is 4.39 Å². The zero-order valence-electron chi connectivity index (χ0n) is 22.4. The number of likely N-dealkylation sites (tertiary alicyclic amines) is 1. The van der Waals surface area contributed by atoms with Crippen LogP contribution in [0.15, 0.2) is 36.4 Å². The van der Waals surface area contributed by atoms with Gasteiger partial charge in [0.05, 0.1) is 25.4 Å². The third-order valence-corrected chi connectivity index (χ3v) is 9.56. The zero-order chi connectivity index (χ0) is 28.9. The average molecular weight is 601 g/mol. The van der Waals surface area contributed by atoms with Crippen LogP contribution < -0.4 is 14.2 Å². The molecule has 1 saturated heterocycles. The Morgan fingerprint density at radius 2 is 1.90 bits per heavy atom. The molecule has 4 rings (SSSR count). The molecule has 0 aromatic heterocycles. The molecule has 0 amide bonds. The number of carboxylic acid groups (broad SMARTS) is 1. The standard InChI is InChI=1S/C27H34ClFN2O8S/c1-36-12-11-31(40(34,35)13-3-8-28)10-9-30-16-20(18-4-7-23-24(15-18)39-17-38-23)25(27(32)33)26(30)19-5-6-22(37-2)21(29)14-19/h4-7,14-15,20,25-26H,3,8-13,16-17H2,1-2H3,(H,32,33)/t20-,25-,26+/m1/s1.